The van der Waals surface area contributed by atoms with Crippen LogP contribution in [0.25, 0.3) is 0 Å². The number of nitrogens with one attached hydrogen (secondary N) is 2. The molecule has 0 aliphatic carbocycles. The highest BCUT2D eigenvalue weighted by Gasteiger charge is 2.23. The summed E-state index contributed by atoms with van der Waals surface area (Å²) in [4.78, 5) is 8.96. The lowest BCUT2D eigenvalue weighted by molar-refractivity contribution is 0.553. The molecule has 0 bridgehead atoms. The first kappa shape index (κ1) is 10.9. The van der Waals surface area contributed by atoms with E-state index in [1.807, 2.05) is 0 Å². The summed E-state index contributed by atoms with van der Waals surface area (Å²) >= 11 is 1.77. The van der Waals surface area contributed by atoms with Crippen LogP contribution in [0.2, 0.25) is 0 Å². The molecule has 2 aromatic rings. The topological polar surface area (TPSA) is 40.7 Å². The first-order valence-corrected chi connectivity index (χ1v) is 7.00. The molecule has 1 aliphatic rings. The number of imidazole rings is 1. The molecular formula is C13H15N3S. The second-order valence-corrected chi connectivity index (χ2v) is 5.06. The fourth-order valence-corrected chi connectivity index (χ4v) is 2.70. The van der Waals surface area contributed by atoms with Gasteiger partial charge in [0.2, 0.25) is 0 Å². The third-order valence-corrected chi connectivity index (χ3v) is 3.94. The lowest BCUT2D eigenvalue weighted by atomic mass is 9.98. The van der Waals surface area contributed by atoms with Gasteiger partial charge in [0.05, 0.1) is 18.1 Å². The van der Waals surface area contributed by atoms with Crippen LogP contribution in [-0.2, 0) is 6.42 Å². The third-order valence-electron chi connectivity index (χ3n) is 3.20. The zero-order valence-electron chi connectivity index (χ0n) is 9.73. The van der Waals surface area contributed by atoms with Gasteiger partial charge in [-0.1, -0.05) is 12.1 Å². The van der Waals surface area contributed by atoms with Crippen molar-refractivity contribution in [2.45, 2.75) is 17.4 Å². The SMILES string of the molecule is CSc1ccc([C@@H]2NCCc3[nH]cnc32)cc1. The number of rotatable bonds is 2. The highest BCUT2D eigenvalue weighted by Crippen LogP contribution is 2.27. The van der Waals surface area contributed by atoms with Gasteiger partial charge in [-0.3, -0.25) is 0 Å². The summed E-state index contributed by atoms with van der Waals surface area (Å²) in [7, 11) is 0. The van der Waals surface area contributed by atoms with E-state index >= 15 is 0 Å². The van der Waals surface area contributed by atoms with Gasteiger partial charge in [-0.05, 0) is 24.0 Å². The van der Waals surface area contributed by atoms with Crippen molar-refractivity contribution < 1.29 is 0 Å². The minimum Gasteiger partial charge on any atom is -0.348 e. The molecule has 1 atom stereocenters. The summed E-state index contributed by atoms with van der Waals surface area (Å²) in [6.07, 6.45) is 4.93. The molecule has 0 saturated heterocycles. The molecule has 0 fully saturated rings. The Morgan fingerprint density at radius 2 is 2.12 bits per heavy atom. The quantitative estimate of drug-likeness (QED) is 0.798. The molecule has 3 rings (SSSR count). The van der Waals surface area contributed by atoms with Gasteiger partial charge in [0.15, 0.2) is 0 Å². The molecular weight excluding hydrogens is 230 g/mol. The van der Waals surface area contributed by atoms with Crippen LogP contribution in [-0.4, -0.2) is 22.8 Å². The highest BCUT2D eigenvalue weighted by atomic mass is 32.2. The summed E-state index contributed by atoms with van der Waals surface area (Å²) < 4.78 is 0. The number of hydrogen-bond acceptors (Lipinski definition) is 3. The van der Waals surface area contributed by atoms with Crippen LogP contribution in [0.4, 0.5) is 0 Å². The predicted molar refractivity (Wildman–Crippen MR) is 70.4 cm³/mol. The minimum absolute atomic E-state index is 0.237. The first-order chi connectivity index (χ1) is 8.38. The predicted octanol–water partition coefficient (Wildman–Crippen LogP) is 2.37. The van der Waals surface area contributed by atoms with Gasteiger partial charge in [0, 0.05) is 23.6 Å². The first-order valence-electron chi connectivity index (χ1n) is 5.78. The Bertz CT molecular complexity index is 504. The van der Waals surface area contributed by atoms with Crippen LogP contribution in [0.1, 0.15) is 23.0 Å². The zero-order valence-corrected chi connectivity index (χ0v) is 10.6. The summed E-state index contributed by atoms with van der Waals surface area (Å²) in [6.45, 7) is 1.00. The van der Waals surface area contributed by atoms with E-state index in [2.05, 4.69) is 45.8 Å². The van der Waals surface area contributed by atoms with Gasteiger partial charge < -0.3 is 10.3 Å². The van der Waals surface area contributed by atoms with Gasteiger partial charge in [0.25, 0.3) is 0 Å². The van der Waals surface area contributed by atoms with Gasteiger partial charge >= 0.3 is 0 Å². The molecule has 3 nitrogen and oxygen atoms in total. The summed E-state index contributed by atoms with van der Waals surface area (Å²) in [6, 6.07) is 8.95. The molecule has 17 heavy (non-hydrogen) atoms. The largest absolute Gasteiger partial charge is 0.348 e. The maximum atomic E-state index is 4.43. The molecule has 1 aromatic heterocycles. The minimum atomic E-state index is 0.237. The summed E-state index contributed by atoms with van der Waals surface area (Å²) in [5, 5.41) is 3.53. The zero-order chi connectivity index (χ0) is 11.7. The number of hydrogen-bond donors (Lipinski definition) is 2. The number of nitrogens with zero attached hydrogens (tertiary/aromatic N) is 1. The Morgan fingerprint density at radius 3 is 2.88 bits per heavy atom. The third kappa shape index (κ3) is 1.98. The Hall–Kier alpha value is -1.26. The van der Waals surface area contributed by atoms with E-state index in [1.165, 1.54) is 16.2 Å². The standard InChI is InChI=1S/C13H15N3S/c1-17-10-4-2-9(3-5-10)12-13-11(6-7-14-12)15-8-16-13/h2-5,8,12,14H,6-7H2,1H3,(H,15,16)/t12-/m0/s1. The monoisotopic (exact) mass is 245 g/mol. The normalized spacial score (nSPS) is 19.0. The molecule has 0 radical (unpaired) electrons. The number of fused-ring (bicyclic) bond motifs is 1. The van der Waals surface area contributed by atoms with E-state index in [0.29, 0.717) is 0 Å². The van der Waals surface area contributed by atoms with Crippen molar-refractivity contribution in [3.05, 3.63) is 47.5 Å². The van der Waals surface area contributed by atoms with Gasteiger partial charge in [-0.25, -0.2) is 4.98 Å². The maximum absolute atomic E-state index is 4.43. The van der Waals surface area contributed by atoms with Crippen molar-refractivity contribution in [2.24, 2.45) is 0 Å². The van der Waals surface area contributed by atoms with Crippen LogP contribution >= 0.6 is 11.8 Å². The fraction of sp³-hybridized carbons (Fsp3) is 0.308. The van der Waals surface area contributed by atoms with E-state index in [0.717, 1.165) is 18.7 Å². The molecule has 2 N–H and O–H groups in total. The van der Waals surface area contributed by atoms with Crippen molar-refractivity contribution in [2.75, 3.05) is 12.8 Å². The molecule has 1 aliphatic heterocycles. The smallest absolute Gasteiger partial charge is 0.0926 e. The van der Waals surface area contributed by atoms with Crippen molar-refractivity contribution in [3.8, 4) is 0 Å². The van der Waals surface area contributed by atoms with Crippen LogP contribution in [0.15, 0.2) is 35.5 Å². The molecule has 0 amide bonds. The Balaban J connectivity index is 1.95. The van der Waals surface area contributed by atoms with Crippen molar-refractivity contribution >= 4 is 11.8 Å². The van der Waals surface area contributed by atoms with Crippen LogP contribution < -0.4 is 5.32 Å². The highest BCUT2D eigenvalue weighted by molar-refractivity contribution is 7.98. The van der Waals surface area contributed by atoms with Crippen molar-refractivity contribution in [1.29, 1.82) is 0 Å². The van der Waals surface area contributed by atoms with Crippen molar-refractivity contribution in [1.82, 2.24) is 15.3 Å². The number of benzene rings is 1. The maximum Gasteiger partial charge on any atom is 0.0926 e. The van der Waals surface area contributed by atoms with Crippen molar-refractivity contribution in [3.63, 3.8) is 0 Å². The molecule has 4 heteroatoms. The Labute approximate surface area is 105 Å². The second-order valence-electron chi connectivity index (χ2n) is 4.18. The Morgan fingerprint density at radius 1 is 1.29 bits per heavy atom. The van der Waals surface area contributed by atoms with Crippen LogP contribution in [0.5, 0.6) is 0 Å². The molecule has 0 saturated carbocycles. The second kappa shape index (κ2) is 4.55. The molecule has 2 heterocycles. The number of aromatic nitrogens is 2. The van der Waals surface area contributed by atoms with Crippen LogP contribution in [0, 0.1) is 0 Å². The number of thioether (sulfide) groups is 1. The molecule has 0 spiro atoms. The van der Waals surface area contributed by atoms with Gasteiger partial charge in [-0.15, -0.1) is 11.8 Å². The molecule has 1 aromatic carbocycles. The van der Waals surface area contributed by atoms with E-state index in [-0.39, 0.29) is 6.04 Å². The van der Waals surface area contributed by atoms with E-state index < -0.39 is 0 Å². The summed E-state index contributed by atoms with van der Waals surface area (Å²) in [5.74, 6) is 0. The van der Waals surface area contributed by atoms with E-state index in [4.69, 9.17) is 0 Å². The Kier molecular flexibility index (Phi) is 2.91. The van der Waals surface area contributed by atoms with Crippen LogP contribution in [0.3, 0.4) is 0 Å². The number of H-pyrrole nitrogens is 1. The van der Waals surface area contributed by atoms with E-state index in [1.54, 1.807) is 18.1 Å². The lowest BCUT2D eigenvalue weighted by Crippen LogP contribution is -2.30. The fourth-order valence-electron chi connectivity index (χ4n) is 2.29. The van der Waals surface area contributed by atoms with Gasteiger partial charge in [-0.2, -0.15) is 0 Å². The number of aromatic amines is 1. The van der Waals surface area contributed by atoms with Gasteiger partial charge in [0.1, 0.15) is 0 Å². The lowest BCUT2D eigenvalue weighted by Gasteiger charge is -2.23. The van der Waals surface area contributed by atoms with E-state index in [9.17, 15) is 0 Å². The average Bonchev–Trinajstić information content (AvgIpc) is 2.87. The summed E-state index contributed by atoms with van der Waals surface area (Å²) in [5.41, 5.74) is 3.70. The molecule has 0 unspecified atom stereocenters. The molecule has 88 valence electrons. The average molecular weight is 245 g/mol.